The number of carboxylic acids is 1. The summed E-state index contributed by atoms with van der Waals surface area (Å²) in [7, 11) is 0. The summed E-state index contributed by atoms with van der Waals surface area (Å²) in [5, 5.41) is 13.1. The number of hydrogen-bond acceptors (Lipinski definition) is 3. The lowest BCUT2D eigenvalue weighted by Gasteiger charge is -2.08. The van der Waals surface area contributed by atoms with Gasteiger partial charge in [0.2, 0.25) is 0 Å². The summed E-state index contributed by atoms with van der Waals surface area (Å²) >= 11 is 0. The second kappa shape index (κ2) is 6.73. The van der Waals surface area contributed by atoms with Crippen LogP contribution in [0.3, 0.4) is 0 Å². The minimum atomic E-state index is -0.715. The molecule has 100 valence electrons. The number of pyridine rings is 1. The quantitative estimate of drug-likeness (QED) is 0.748. The van der Waals surface area contributed by atoms with Crippen LogP contribution in [0, 0.1) is 0 Å². The van der Waals surface area contributed by atoms with Gasteiger partial charge in [0.1, 0.15) is 0 Å². The van der Waals surface area contributed by atoms with Crippen LogP contribution in [0.1, 0.15) is 25.7 Å². The largest absolute Gasteiger partial charge is 0.481 e. The van der Waals surface area contributed by atoms with E-state index in [0.717, 1.165) is 42.4 Å². The number of rotatable bonds is 7. The van der Waals surface area contributed by atoms with E-state index in [9.17, 15) is 4.79 Å². The predicted octanol–water partition coefficient (Wildman–Crippen LogP) is 3.29. The van der Waals surface area contributed by atoms with Crippen molar-refractivity contribution < 1.29 is 9.90 Å². The zero-order valence-corrected chi connectivity index (χ0v) is 10.8. The number of aromatic nitrogens is 1. The normalized spacial score (nSPS) is 10.5. The van der Waals surface area contributed by atoms with Crippen molar-refractivity contribution in [2.45, 2.75) is 25.7 Å². The third-order valence-corrected chi connectivity index (χ3v) is 3.03. The molecule has 19 heavy (non-hydrogen) atoms. The molecule has 4 nitrogen and oxygen atoms in total. The Morgan fingerprint density at radius 3 is 2.84 bits per heavy atom. The molecule has 1 heterocycles. The number of benzene rings is 1. The first-order valence-electron chi connectivity index (χ1n) is 6.57. The lowest BCUT2D eigenvalue weighted by atomic mass is 10.1. The average Bonchev–Trinajstić information content (AvgIpc) is 2.42. The molecule has 4 heteroatoms. The van der Waals surface area contributed by atoms with Crippen molar-refractivity contribution in [1.82, 2.24) is 4.98 Å². The SMILES string of the molecule is O=C(O)CCCCCNc1ccnc2ccccc12. The van der Waals surface area contributed by atoms with E-state index in [1.54, 1.807) is 6.20 Å². The molecule has 0 amide bonds. The van der Waals surface area contributed by atoms with Crippen LogP contribution < -0.4 is 5.32 Å². The summed E-state index contributed by atoms with van der Waals surface area (Å²) in [5.41, 5.74) is 2.07. The minimum absolute atomic E-state index is 0.262. The number of aliphatic carboxylic acids is 1. The van der Waals surface area contributed by atoms with Crippen molar-refractivity contribution in [3.63, 3.8) is 0 Å². The van der Waals surface area contributed by atoms with E-state index < -0.39 is 5.97 Å². The lowest BCUT2D eigenvalue weighted by Crippen LogP contribution is -2.03. The van der Waals surface area contributed by atoms with E-state index in [1.165, 1.54) is 0 Å². The van der Waals surface area contributed by atoms with Gasteiger partial charge in [-0.15, -0.1) is 0 Å². The van der Waals surface area contributed by atoms with Crippen LogP contribution in [0.2, 0.25) is 0 Å². The van der Waals surface area contributed by atoms with E-state index in [1.807, 2.05) is 24.3 Å². The summed E-state index contributed by atoms with van der Waals surface area (Å²) in [6.07, 6.45) is 4.72. The van der Waals surface area contributed by atoms with Crippen molar-refractivity contribution in [1.29, 1.82) is 0 Å². The first kappa shape index (κ1) is 13.3. The highest BCUT2D eigenvalue weighted by atomic mass is 16.4. The summed E-state index contributed by atoms with van der Waals surface area (Å²) < 4.78 is 0. The zero-order valence-electron chi connectivity index (χ0n) is 10.8. The van der Waals surface area contributed by atoms with Gasteiger partial charge in [0, 0.05) is 30.2 Å². The van der Waals surface area contributed by atoms with Gasteiger partial charge >= 0.3 is 5.97 Å². The van der Waals surface area contributed by atoms with Crippen molar-refractivity contribution >= 4 is 22.6 Å². The van der Waals surface area contributed by atoms with E-state index >= 15 is 0 Å². The molecular formula is C15H18N2O2. The average molecular weight is 258 g/mol. The highest BCUT2D eigenvalue weighted by molar-refractivity contribution is 5.90. The van der Waals surface area contributed by atoms with Gasteiger partial charge in [-0.1, -0.05) is 24.6 Å². The second-order valence-electron chi connectivity index (χ2n) is 4.51. The molecule has 2 N–H and O–H groups in total. The topological polar surface area (TPSA) is 62.2 Å². The molecule has 0 unspecified atom stereocenters. The van der Waals surface area contributed by atoms with E-state index in [-0.39, 0.29) is 6.42 Å². The molecule has 0 bridgehead atoms. The molecular weight excluding hydrogens is 240 g/mol. The maximum absolute atomic E-state index is 10.4. The van der Waals surface area contributed by atoms with Crippen LogP contribution in [-0.4, -0.2) is 22.6 Å². The van der Waals surface area contributed by atoms with Gasteiger partial charge < -0.3 is 10.4 Å². The molecule has 0 spiro atoms. The van der Waals surface area contributed by atoms with E-state index in [4.69, 9.17) is 5.11 Å². The molecule has 0 aliphatic heterocycles. The molecule has 2 aromatic rings. The molecule has 0 radical (unpaired) electrons. The molecule has 1 aromatic carbocycles. The fourth-order valence-corrected chi connectivity index (χ4v) is 2.05. The Morgan fingerprint density at radius 2 is 2.00 bits per heavy atom. The number of nitrogens with zero attached hydrogens (tertiary/aromatic N) is 1. The summed E-state index contributed by atoms with van der Waals surface area (Å²) in [6.45, 7) is 0.855. The van der Waals surface area contributed by atoms with E-state index in [2.05, 4.69) is 16.4 Å². The third kappa shape index (κ3) is 3.95. The molecule has 0 saturated heterocycles. The zero-order chi connectivity index (χ0) is 13.5. The van der Waals surface area contributed by atoms with Crippen LogP contribution in [0.5, 0.6) is 0 Å². The summed E-state index contributed by atoms with van der Waals surface area (Å²) in [4.78, 5) is 14.7. The highest BCUT2D eigenvalue weighted by Crippen LogP contribution is 2.20. The Bertz CT molecular complexity index is 549. The van der Waals surface area contributed by atoms with Gasteiger partial charge in [-0.25, -0.2) is 0 Å². The van der Waals surface area contributed by atoms with Crippen LogP contribution in [0.25, 0.3) is 10.9 Å². The van der Waals surface area contributed by atoms with Crippen molar-refractivity contribution in [2.24, 2.45) is 0 Å². The standard InChI is InChI=1S/C15H18N2O2/c18-15(19)8-2-1-5-10-16-14-9-11-17-13-7-4-3-6-12(13)14/h3-4,6-7,9,11H,1-2,5,8,10H2,(H,16,17)(H,18,19). The maximum Gasteiger partial charge on any atom is 0.303 e. The van der Waals surface area contributed by atoms with Gasteiger partial charge in [-0.2, -0.15) is 0 Å². The Hall–Kier alpha value is -2.10. The fourth-order valence-electron chi connectivity index (χ4n) is 2.05. The van der Waals surface area contributed by atoms with Crippen LogP contribution in [-0.2, 0) is 4.79 Å². The first-order chi connectivity index (χ1) is 9.27. The molecule has 0 aliphatic rings. The number of anilines is 1. The molecule has 0 atom stereocenters. The minimum Gasteiger partial charge on any atom is -0.481 e. The Labute approximate surface area is 112 Å². The molecule has 0 fully saturated rings. The predicted molar refractivity (Wildman–Crippen MR) is 76.3 cm³/mol. The number of hydrogen-bond donors (Lipinski definition) is 2. The van der Waals surface area contributed by atoms with Gasteiger partial charge in [0.25, 0.3) is 0 Å². The summed E-state index contributed by atoms with van der Waals surface area (Å²) in [5.74, 6) is -0.715. The number of para-hydroxylation sites is 1. The highest BCUT2D eigenvalue weighted by Gasteiger charge is 2.00. The van der Waals surface area contributed by atoms with Gasteiger partial charge in [0.15, 0.2) is 0 Å². The van der Waals surface area contributed by atoms with Crippen molar-refractivity contribution in [3.05, 3.63) is 36.5 Å². The number of unbranched alkanes of at least 4 members (excludes halogenated alkanes) is 2. The van der Waals surface area contributed by atoms with Gasteiger partial charge in [-0.3, -0.25) is 9.78 Å². The number of carbonyl (C=O) groups is 1. The second-order valence-corrected chi connectivity index (χ2v) is 4.51. The van der Waals surface area contributed by atoms with Gasteiger partial charge in [0.05, 0.1) is 5.52 Å². The Morgan fingerprint density at radius 1 is 1.16 bits per heavy atom. The Kier molecular flexibility index (Phi) is 4.72. The van der Waals surface area contributed by atoms with Crippen molar-refractivity contribution in [3.8, 4) is 0 Å². The van der Waals surface area contributed by atoms with Crippen LogP contribution in [0.15, 0.2) is 36.5 Å². The van der Waals surface area contributed by atoms with E-state index in [0.29, 0.717) is 0 Å². The molecule has 2 rings (SSSR count). The van der Waals surface area contributed by atoms with Gasteiger partial charge in [-0.05, 0) is 25.0 Å². The van der Waals surface area contributed by atoms with Crippen LogP contribution in [0.4, 0.5) is 5.69 Å². The Balaban J connectivity index is 1.83. The lowest BCUT2D eigenvalue weighted by molar-refractivity contribution is -0.137. The smallest absolute Gasteiger partial charge is 0.303 e. The summed E-state index contributed by atoms with van der Waals surface area (Å²) in [6, 6.07) is 10.00. The maximum atomic E-state index is 10.4. The number of fused-ring (bicyclic) bond motifs is 1. The van der Waals surface area contributed by atoms with Crippen molar-refractivity contribution in [2.75, 3.05) is 11.9 Å². The van der Waals surface area contributed by atoms with Crippen LogP contribution >= 0.6 is 0 Å². The molecule has 0 saturated carbocycles. The fraction of sp³-hybridized carbons (Fsp3) is 0.333. The first-order valence-corrected chi connectivity index (χ1v) is 6.57. The third-order valence-electron chi connectivity index (χ3n) is 3.03. The number of carboxylic acid groups (broad SMARTS) is 1. The molecule has 0 aliphatic carbocycles. The number of nitrogens with one attached hydrogen (secondary N) is 1. The molecule has 1 aromatic heterocycles. The monoisotopic (exact) mass is 258 g/mol.